The van der Waals surface area contributed by atoms with E-state index in [-0.39, 0.29) is 66.8 Å². The molecular weight excluding hydrogens is 650 g/mol. The summed E-state index contributed by atoms with van der Waals surface area (Å²) in [4.78, 5) is 11.9. The molecule has 10 N–H and O–H groups in total. The molecule has 6 atom stereocenters. The average Bonchev–Trinajstić information content (AvgIpc) is 3.08. The number of aromatic hydroxyl groups is 2. The van der Waals surface area contributed by atoms with Gasteiger partial charge in [-0.15, -0.1) is 0 Å². The van der Waals surface area contributed by atoms with Gasteiger partial charge in [0.1, 0.15) is 6.61 Å². The number of carboxylic acids is 1. The molecule has 6 unspecified atom stereocenters. The van der Waals surface area contributed by atoms with E-state index in [4.69, 9.17) is 29.8 Å². The van der Waals surface area contributed by atoms with Crippen LogP contribution in [0.3, 0.4) is 0 Å². The molecule has 1 saturated heterocycles. The molecule has 4 rings (SSSR count). The molecule has 2 aliphatic rings. The summed E-state index contributed by atoms with van der Waals surface area (Å²) in [6.45, 7) is 2.30. The van der Waals surface area contributed by atoms with Gasteiger partial charge in [-0.3, -0.25) is 4.79 Å². The van der Waals surface area contributed by atoms with Gasteiger partial charge in [-0.25, -0.2) is 0 Å². The SMILES string of the molecule is CCNC(COc1cc(C2OC(CCc3ccc(O)c(OCO)c3)CC(O)C2CCO)cc(OC)c1O)C(CC(=O)O)CC1=CCNC(N)=C1. The Bertz CT molecular complexity index is 1480. The Balaban J connectivity index is 1.57. The number of hydrogen-bond donors (Lipinski definition) is 9. The standard InChI is InChI=1S/C36H51N3O11/c1-3-38-27(23(17-34(44)45)12-22-8-10-39-33(37)14-22)19-48-32-16-24(15-31(47-2)35(32)46)36-26(9-11-40)29(43)18-25(50-36)6-4-21-5-7-28(42)30(13-21)49-20-41/h5,7-8,13-16,23,25-27,29,36,38-43,46H,3-4,6,9-12,17-20,37H2,1-2H3,(H,44,45). The summed E-state index contributed by atoms with van der Waals surface area (Å²) in [6.07, 6.45) is 3.87. The second-order valence-electron chi connectivity index (χ2n) is 12.6. The molecule has 14 heteroatoms. The van der Waals surface area contributed by atoms with Gasteiger partial charge in [-0.2, -0.15) is 0 Å². The van der Waals surface area contributed by atoms with Crippen molar-refractivity contribution in [1.82, 2.24) is 10.6 Å². The Morgan fingerprint density at radius 2 is 1.90 bits per heavy atom. The molecule has 2 heterocycles. The van der Waals surface area contributed by atoms with Crippen LogP contribution in [0.2, 0.25) is 0 Å². The van der Waals surface area contributed by atoms with Crippen molar-refractivity contribution in [3.63, 3.8) is 0 Å². The average molecular weight is 702 g/mol. The number of nitrogens with two attached hydrogens (primary N) is 1. The van der Waals surface area contributed by atoms with Gasteiger partial charge in [0.2, 0.25) is 5.75 Å². The zero-order chi connectivity index (χ0) is 36.2. The minimum absolute atomic E-state index is 0.0299. The summed E-state index contributed by atoms with van der Waals surface area (Å²) in [5.41, 5.74) is 8.29. The maximum Gasteiger partial charge on any atom is 0.303 e. The summed E-state index contributed by atoms with van der Waals surface area (Å²) < 4.78 is 23.4. The third-order valence-electron chi connectivity index (χ3n) is 9.20. The summed E-state index contributed by atoms with van der Waals surface area (Å²) >= 11 is 0. The first-order valence-electron chi connectivity index (χ1n) is 17.0. The van der Waals surface area contributed by atoms with Crippen molar-refractivity contribution in [3.8, 4) is 28.7 Å². The van der Waals surface area contributed by atoms with E-state index in [0.29, 0.717) is 50.2 Å². The summed E-state index contributed by atoms with van der Waals surface area (Å²) in [5, 5.41) is 67.5. The molecule has 0 spiro atoms. The number of allylic oxidation sites excluding steroid dienone is 2. The minimum atomic E-state index is -0.947. The monoisotopic (exact) mass is 701 g/mol. The third kappa shape index (κ3) is 10.4. The fourth-order valence-corrected chi connectivity index (χ4v) is 6.71. The molecule has 0 aromatic heterocycles. The Kier molecular flexibility index (Phi) is 14.4. The molecule has 276 valence electrons. The Labute approximate surface area is 292 Å². The predicted molar refractivity (Wildman–Crippen MR) is 184 cm³/mol. The maximum atomic E-state index is 11.9. The highest BCUT2D eigenvalue weighted by atomic mass is 16.6. The van der Waals surface area contributed by atoms with E-state index >= 15 is 0 Å². The lowest BCUT2D eigenvalue weighted by Gasteiger charge is -2.40. The Hall–Kier alpha value is -4.21. The molecule has 0 aliphatic carbocycles. The molecule has 2 aromatic rings. The number of rotatable bonds is 19. The Morgan fingerprint density at radius 1 is 1.12 bits per heavy atom. The smallest absolute Gasteiger partial charge is 0.303 e. The number of hydrogen-bond acceptors (Lipinski definition) is 13. The molecule has 14 nitrogen and oxygen atoms in total. The zero-order valence-electron chi connectivity index (χ0n) is 28.6. The normalized spacial score (nSPS) is 21.7. The molecule has 0 saturated carbocycles. The van der Waals surface area contributed by atoms with E-state index < -0.39 is 36.9 Å². The lowest BCUT2D eigenvalue weighted by molar-refractivity contribution is -0.144. The quantitative estimate of drug-likeness (QED) is 0.0960. The number of benzene rings is 2. The lowest BCUT2D eigenvalue weighted by atomic mass is 9.82. The minimum Gasteiger partial charge on any atom is -0.504 e. The topological polar surface area (TPSA) is 225 Å². The molecule has 2 aromatic carbocycles. The van der Waals surface area contributed by atoms with Crippen LogP contribution in [0.15, 0.2) is 53.9 Å². The third-order valence-corrected chi connectivity index (χ3v) is 9.20. The van der Waals surface area contributed by atoms with E-state index in [0.717, 1.165) is 11.1 Å². The lowest BCUT2D eigenvalue weighted by Crippen LogP contribution is -2.42. The number of dihydropyridines is 1. The first kappa shape index (κ1) is 38.6. The van der Waals surface area contributed by atoms with Gasteiger partial charge in [-0.1, -0.05) is 19.1 Å². The van der Waals surface area contributed by atoms with Crippen LogP contribution in [-0.2, 0) is 16.0 Å². The van der Waals surface area contributed by atoms with Gasteiger partial charge < -0.3 is 66.0 Å². The van der Waals surface area contributed by atoms with Crippen molar-refractivity contribution in [2.75, 3.05) is 40.2 Å². The van der Waals surface area contributed by atoms with E-state index in [1.165, 1.54) is 13.2 Å². The number of carboxylic acid groups (broad SMARTS) is 1. The van der Waals surface area contributed by atoms with E-state index in [1.807, 2.05) is 13.0 Å². The number of aliphatic carboxylic acids is 1. The van der Waals surface area contributed by atoms with Crippen molar-refractivity contribution >= 4 is 5.97 Å². The van der Waals surface area contributed by atoms with Gasteiger partial charge in [0.25, 0.3) is 0 Å². The number of aliphatic hydroxyl groups excluding tert-OH is 3. The molecule has 1 fully saturated rings. The number of likely N-dealkylation sites (N-methyl/N-ethyl adjacent to an activating group) is 1. The van der Waals surface area contributed by atoms with Gasteiger partial charge in [0.15, 0.2) is 29.8 Å². The summed E-state index contributed by atoms with van der Waals surface area (Å²) in [6, 6.07) is 7.73. The van der Waals surface area contributed by atoms with Crippen molar-refractivity contribution < 1.29 is 54.4 Å². The first-order valence-corrected chi connectivity index (χ1v) is 17.0. The second kappa shape index (κ2) is 18.7. The van der Waals surface area contributed by atoms with Crippen LogP contribution < -0.4 is 30.6 Å². The van der Waals surface area contributed by atoms with Crippen molar-refractivity contribution in [3.05, 3.63) is 65.0 Å². The Morgan fingerprint density at radius 3 is 2.58 bits per heavy atom. The number of aryl methyl sites for hydroxylation is 1. The zero-order valence-corrected chi connectivity index (χ0v) is 28.6. The van der Waals surface area contributed by atoms with Crippen LogP contribution in [0.4, 0.5) is 0 Å². The van der Waals surface area contributed by atoms with Gasteiger partial charge in [0, 0.05) is 25.1 Å². The highest BCUT2D eigenvalue weighted by Gasteiger charge is 2.39. The van der Waals surface area contributed by atoms with E-state index in [9.17, 15) is 30.3 Å². The highest BCUT2D eigenvalue weighted by molar-refractivity contribution is 5.67. The van der Waals surface area contributed by atoms with Crippen LogP contribution in [0.5, 0.6) is 28.7 Å². The molecule has 2 aliphatic heterocycles. The highest BCUT2D eigenvalue weighted by Crippen LogP contribution is 2.45. The van der Waals surface area contributed by atoms with Gasteiger partial charge in [0.05, 0.1) is 37.7 Å². The number of methoxy groups -OCH3 is 1. The molecule has 0 bridgehead atoms. The van der Waals surface area contributed by atoms with Crippen LogP contribution in [-0.4, -0.2) is 95.1 Å². The van der Waals surface area contributed by atoms with Gasteiger partial charge >= 0.3 is 5.97 Å². The molecular formula is C36H51N3O11. The maximum absolute atomic E-state index is 11.9. The van der Waals surface area contributed by atoms with Crippen LogP contribution >= 0.6 is 0 Å². The van der Waals surface area contributed by atoms with Gasteiger partial charge in [-0.05, 0) is 91.6 Å². The molecule has 50 heavy (non-hydrogen) atoms. The van der Waals surface area contributed by atoms with Crippen molar-refractivity contribution in [2.45, 2.75) is 69.8 Å². The molecule has 0 amide bonds. The largest absolute Gasteiger partial charge is 0.504 e. The van der Waals surface area contributed by atoms with E-state index in [2.05, 4.69) is 10.6 Å². The number of ether oxygens (including phenoxy) is 4. The van der Waals surface area contributed by atoms with Crippen molar-refractivity contribution in [2.24, 2.45) is 17.6 Å². The second-order valence-corrected chi connectivity index (χ2v) is 12.6. The van der Waals surface area contributed by atoms with Crippen LogP contribution in [0.1, 0.15) is 56.3 Å². The number of phenolic OH excluding ortho intramolecular Hbond substituents is 2. The molecule has 0 radical (unpaired) electrons. The fourth-order valence-electron chi connectivity index (χ4n) is 6.71. The number of phenols is 2. The van der Waals surface area contributed by atoms with E-state index in [1.54, 1.807) is 30.3 Å². The summed E-state index contributed by atoms with van der Waals surface area (Å²) in [5.74, 6) is -1.20. The van der Waals surface area contributed by atoms with Crippen molar-refractivity contribution in [1.29, 1.82) is 0 Å². The number of carbonyl (C=O) groups is 1. The summed E-state index contributed by atoms with van der Waals surface area (Å²) in [7, 11) is 1.41. The van der Waals surface area contributed by atoms with Crippen LogP contribution in [0, 0.1) is 11.8 Å². The first-order chi connectivity index (χ1) is 24.1. The number of aliphatic hydroxyl groups is 3. The number of nitrogens with one attached hydrogen (secondary N) is 2. The fraction of sp³-hybridized carbons (Fsp3) is 0.528. The van der Waals surface area contributed by atoms with Crippen LogP contribution in [0.25, 0.3) is 0 Å². The predicted octanol–water partition coefficient (Wildman–Crippen LogP) is 2.42.